The zero-order chi connectivity index (χ0) is 14.7. The van der Waals surface area contributed by atoms with Gasteiger partial charge in [0, 0.05) is 25.7 Å². The maximum atomic E-state index is 11.0. The van der Waals surface area contributed by atoms with Crippen molar-refractivity contribution in [2.75, 3.05) is 24.7 Å². The number of anilines is 2. The first-order valence-electron chi connectivity index (χ1n) is 5.53. The van der Waals surface area contributed by atoms with Crippen LogP contribution in [0, 0.1) is 10.1 Å². The van der Waals surface area contributed by atoms with Gasteiger partial charge in [-0.1, -0.05) is 16.0 Å². The summed E-state index contributed by atoms with van der Waals surface area (Å²) in [7, 11) is 3.47. The first-order valence-corrected chi connectivity index (χ1v) is 5.53. The van der Waals surface area contributed by atoms with Gasteiger partial charge < -0.3 is 10.6 Å². The van der Waals surface area contributed by atoms with Crippen LogP contribution in [0.1, 0.15) is 5.56 Å². The third kappa shape index (κ3) is 2.68. The van der Waals surface area contributed by atoms with Gasteiger partial charge in [-0.2, -0.15) is 5.10 Å². The maximum absolute atomic E-state index is 11.0. The smallest absolute Gasteiger partial charge is 0.293 e. The number of hydrogen-bond donors (Lipinski definition) is 1. The van der Waals surface area contributed by atoms with Crippen LogP contribution in [0.5, 0.6) is 0 Å². The molecule has 0 aliphatic heterocycles. The largest absolute Gasteiger partial charge is 0.372 e. The molecule has 0 aliphatic rings. The fourth-order valence-electron chi connectivity index (χ4n) is 1.54. The lowest BCUT2D eigenvalue weighted by Gasteiger charge is -2.12. The van der Waals surface area contributed by atoms with E-state index < -0.39 is 4.92 Å². The normalized spacial score (nSPS) is 10.9. The number of nitrogen functional groups attached to an aromatic ring is 1. The fraction of sp³-hybridized carbons (Fsp3) is 0.200. The highest BCUT2D eigenvalue weighted by Crippen LogP contribution is 2.27. The van der Waals surface area contributed by atoms with E-state index >= 15 is 0 Å². The summed E-state index contributed by atoms with van der Waals surface area (Å²) in [5, 5.41) is 25.3. The Morgan fingerprint density at radius 1 is 1.50 bits per heavy atom. The summed E-state index contributed by atoms with van der Waals surface area (Å²) in [5.74, 6) is 0.0284. The Morgan fingerprint density at radius 2 is 2.25 bits per heavy atom. The minimum atomic E-state index is -0.446. The standard InChI is InChI=1S/C10H12N8O2/c1-16(2)8-4-3-7(5-9(8)18(19)20)6-12-17-10(11)13-14-15-17/h3-6H,1-2H3,(H2,11,13,15)/b12-6+. The molecule has 1 aromatic carbocycles. The molecular weight excluding hydrogens is 264 g/mol. The van der Waals surface area contributed by atoms with E-state index in [1.807, 2.05) is 0 Å². The van der Waals surface area contributed by atoms with Crippen molar-refractivity contribution in [3.63, 3.8) is 0 Å². The van der Waals surface area contributed by atoms with Crippen LogP contribution in [-0.4, -0.2) is 45.5 Å². The highest BCUT2D eigenvalue weighted by atomic mass is 16.6. The monoisotopic (exact) mass is 276 g/mol. The number of nitrogens with two attached hydrogens (primary N) is 1. The van der Waals surface area contributed by atoms with Crippen LogP contribution in [0.3, 0.4) is 0 Å². The topological polar surface area (TPSA) is 128 Å². The van der Waals surface area contributed by atoms with Crippen molar-refractivity contribution >= 4 is 23.5 Å². The number of nitrogens with zero attached hydrogens (tertiary/aromatic N) is 7. The number of tetrazole rings is 1. The summed E-state index contributed by atoms with van der Waals surface area (Å²) in [5.41, 5.74) is 6.48. The highest BCUT2D eigenvalue weighted by Gasteiger charge is 2.15. The lowest BCUT2D eigenvalue weighted by molar-refractivity contribution is -0.384. The van der Waals surface area contributed by atoms with Crippen LogP contribution in [-0.2, 0) is 0 Å². The van der Waals surface area contributed by atoms with Gasteiger partial charge in [-0.15, -0.1) is 0 Å². The van der Waals surface area contributed by atoms with Crippen molar-refractivity contribution in [3.8, 4) is 0 Å². The van der Waals surface area contributed by atoms with Crippen molar-refractivity contribution in [2.45, 2.75) is 0 Å². The number of aromatic nitrogens is 4. The van der Waals surface area contributed by atoms with Crippen molar-refractivity contribution in [1.82, 2.24) is 20.3 Å². The molecule has 0 atom stereocenters. The second kappa shape index (κ2) is 5.30. The van der Waals surface area contributed by atoms with Gasteiger partial charge in [0.1, 0.15) is 5.69 Å². The minimum absolute atomic E-state index is 0.0105. The van der Waals surface area contributed by atoms with Gasteiger partial charge in [-0.3, -0.25) is 10.1 Å². The van der Waals surface area contributed by atoms with Gasteiger partial charge in [-0.05, 0) is 16.5 Å². The van der Waals surface area contributed by atoms with E-state index in [1.165, 1.54) is 12.3 Å². The van der Waals surface area contributed by atoms with Gasteiger partial charge in [0.2, 0.25) is 0 Å². The molecule has 0 saturated heterocycles. The van der Waals surface area contributed by atoms with Crippen molar-refractivity contribution in [2.24, 2.45) is 5.10 Å². The Kier molecular flexibility index (Phi) is 3.55. The number of nitro groups is 1. The Bertz CT molecular complexity index is 663. The van der Waals surface area contributed by atoms with Crippen molar-refractivity contribution in [1.29, 1.82) is 0 Å². The zero-order valence-electron chi connectivity index (χ0n) is 10.8. The van der Waals surface area contributed by atoms with E-state index in [4.69, 9.17) is 5.73 Å². The quantitative estimate of drug-likeness (QED) is 0.476. The molecule has 0 saturated carbocycles. The predicted octanol–water partition coefficient (Wildman–Crippen LogP) is 0.112. The van der Waals surface area contributed by atoms with Crippen molar-refractivity contribution < 1.29 is 4.92 Å². The number of benzene rings is 1. The molecule has 2 rings (SSSR count). The van der Waals surface area contributed by atoms with Crippen molar-refractivity contribution in [3.05, 3.63) is 33.9 Å². The molecule has 0 unspecified atom stereocenters. The molecule has 0 fully saturated rings. The second-order valence-corrected chi connectivity index (χ2v) is 4.07. The van der Waals surface area contributed by atoms with Gasteiger partial charge in [0.15, 0.2) is 0 Å². The van der Waals surface area contributed by atoms with E-state index in [9.17, 15) is 10.1 Å². The Labute approximate surface area is 113 Å². The van der Waals surface area contributed by atoms with E-state index in [0.29, 0.717) is 11.3 Å². The molecule has 1 heterocycles. The molecule has 10 heteroatoms. The summed E-state index contributed by atoms with van der Waals surface area (Å²) in [6, 6.07) is 4.76. The second-order valence-electron chi connectivity index (χ2n) is 4.07. The molecule has 1 aromatic heterocycles. The maximum Gasteiger partial charge on any atom is 0.293 e. The Balaban J connectivity index is 2.35. The predicted molar refractivity (Wildman–Crippen MR) is 72.6 cm³/mol. The van der Waals surface area contributed by atoms with E-state index in [-0.39, 0.29) is 11.6 Å². The fourth-order valence-corrected chi connectivity index (χ4v) is 1.54. The Morgan fingerprint density at radius 3 is 2.80 bits per heavy atom. The molecule has 2 aromatic rings. The zero-order valence-corrected chi connectivity index (χ0v) is 10.8. The average molecular weight is 276 g/mol. The lowest BCUT2D eigenvalue weighted by Crippen LogP contribution is -2.11. The van der Waals surface area contributed by atoms with Gasteiger partial charge in [0.25, 0.3) is 11.6 Å². The third-order valence-corrected chi connectivity index (χ3v) is 2.47. The van der Waals surface area contributed by atoms with Crippen LogP contribution < -0.4 is 10.6 Å². The third-order valence-electron chi connectivity index (χ3n) is 2.47. The first kappa shape index (κ1) is 13.4. The number of hydrogen-bond acceptors (Lipinski definition) is 8. The summed E-state index contributed by atoms with van der Waals surface area (Å²) in [6.07, 6.45) is 1.39. The minimum Gasteiger partial charge on any atom is -0.372 e. The molecule has 0 bridgehead atoms. The van der Waals surface area contributed by atoms with Crippen LogP contribution in [0.15, 0.2) is 23.3 Å². The summed E-state index contributed by atoms with van der Waals surface area (Å²) in [4.78, 5) is 13.3. The first-order chi connectivity index (χ1) is 9.49. The van der Waals surface area contributed by atoms with E-state index in [2.05, 4.69) is 20.6 Å². The summed E-state index contributed by atoms with van der Waals surface area (Å²) >= 11 is 0. The number of nitro benzene ring substituents is 1. The average Bonchev–Trinajstić information content (AvgIpc) is 2.81. The number of rotatable bonds is 4. The molecular formula is C10H12N8O2. The molecule has 0 amide bonds. The van der Waals surface area contributed by atoms with E-state index in [1.54, 1.807) is 31.1 Å². The summed E-state index contributed by atoms with van der Waals surface area (Å²) in [6.45, 7) is 0. The molecule has 20 heavy (non-hydrogen) atoms. The molecule has 104 valence electrons. The lowest BCUT2D eigenvalue weighted by atomic mass is 10.2. The molecule has 10 nitrogen and oxygen atoms in total. The van der Waals surface area contributed by atoms with Crippen LogP contribution in [0.25, 0.3) is 0 Å². The molecule has 0 radical (unpaired) electrons. The van der Waals surface area contributed by atoms with Gasteiger partial charge in [-0.25, -0.2) is 0 Å². The SMILES string of the molecule is CN(C)c1ccc(/C=N/n2nnnc2N)cc1[N+](=O)[O-]. The van der Waals surface area contributed by atoms with Gasteiger partial charge in [0.05, 0.1) is 11.1 Å². The van der Waals surface area contributed by atoms with Crippen LogP contribution in [0.2, 0.25) is 0 Å². The van der Waals surface area contributed by atoms with Crippen LogP contribution >= 0.6 is 0 Å². The van der Waals surface area contributed by atoms with Crippen LogP contribution in [0.4, 0.5) is 17.3 Å². The molecule has 0 spiro atoms. The molecule has 2 N–H and O–H groups in total. The van der Waals surface area contributed by atoms with Gasteiger partial charge >= 0.3 is 0 Å². The Hall–Kier alpha value is -3.04. The summed E-state index contributed by atoms with van der Waals surface area (Å²) < 4.78 is 0. The highest BCUT2D eigenvalue weighted by molar-refractivity contribution is 5.83. The molecule has 0 aliphatic carbocycles. The van der Waals surface area contributed by atoms with E-state index in [0.717, 1.165) is 4.79 Å².